The van der Waals surface area contributed by atoms with Crippen LogP contribution in [0.25, 0.3) is 0 Å². The van der Waals surface area contributed by atoms with E-state index in [-0.39, 0.29) is 0 Å². The van der Waals surface area contributed by atoms with Crippen LogP contribution in [0.1, 0.15) is 33.6 Å². The fraction of sp³-hybridized carbons (Fsp3) is 0.800. The Hall–Kier alpha value is -0.480. The average Bonchev–Trinajstić information content (AvgIpc) is 1.96. The Labute approximate surface area is 70.6 Å². The zero-order chi connectivity index (χ0) is 8.53. The van der Waals surface area contributed by atoms with Crippen LogP contribution < -0.4 is 5.32 Å². The highest BCUT2D eigenvalue weighted by Gasteiger charge is 1.90. The van der Waals surface area contributed by atoms with Gasteiger partial charge in [-0.1, -0.05) is 13.8 Å². The molecule has 64 valence electrons. The van der Waals surface area contributed by atoms with Crippen molar-refractivity contribution in [2.24, 2.45) is 5.92 Å². The van der Waals surface area contributed by atoms with Gasteiger partial charge in [0.1, 0.15) is 0 Å². The SMILES string of the molecule is CC#CCCCNCC(C)C. The van der Waals surface area contributed by atoms with Crippen LogP contribution in [0.5, 0.6) is 0 Å². The van der Waals surface area contributed by atoms with Crippen LogP contribution in [0.4, 0.5) is 0 Å². The Kier molecular flexibility index (Phi) is 7.29. The van der Waals surface area contributed by atoms with Crippen molar-refractivity contribution in [2.45, 2.75) is 33.6 Å². The monoisotopic (exact) mass is 153 g/mol. The van der Waals surface area contributed by atoms with Crippen molar-refractivity contribution in [3.8, 4) is 11.8 Å². The Bertz CT molecular complexity index is 128. The molecule has 0 fully saturated rings. The fourth-order valence-electron chi connectivity index (χ4n) is 0.818. The summed E-state index contributed by atoms with van der Waals surface area (Å²) in [5.74, 6) is 6.69. The normalized spacial score (nSPS) is 9.45. The molecule has 1 heteroatoms. The molecule has 1 N–H and O–H groups in total. The molecular weight excluding hydrogens is 134 g/mol. The molecule has 0 amide bonds. The smallest absolute Gasteiger partial charge is 0.0101 e. The van der Waals surface area contributed by atoms with Gasteiger partial charge in [0.05, 0.1) is 0 Å². The van der Waals surface area contributed by atoms with Crippen LogP contribution in [0, 0.1) is 17.8 Å². The first-order valence-electron chi connectivity index (χ1n) is 4.37. The van der Waals surface area contributed by atoms with Gasteiger partial charge < -0.3 is 5.32 Å². The highest BCUT2D eigenvalue weighted by molar-refractivity contribution is 4.94. The molecule has 0 radical (unpaired) electrons. The lowest BCUT2D eigenvalue weighted by Crippen LogP contribution is -2.20. The largest absolute Gasteiger partial charge is 0.316 e. The Morgan fingerprint density at radius 3 is 2.64 bits per heavy atom. The second-order valence-electron chi connectivity index (χ2n) is 3.13. The predicted molar refractivity (Wildman–Crippen MR) is 50.4 cm³/mol. The van der Waals surface area contributed by atoms with Crippen molar-refractivity contribution in [1.29, 1.82) is 0 Å². The molecule has 0 aromatic rings. The van der Waals surface area contributed by atoms with Crippen LogP contribution in [-0.2, 0) is 0 Å². The first kappa shape index (κ1) is 10.5. The van der Waals surface area contributed by atoms with Gasteiger partial charge in [0.15, 0.2) is 0 Å². The average molecular weight is 153 g/mol. The third-order valence-electron chi connectivity index (χ3n) is 1.38. The van der Waals surface area contributed by atoms with E-state index >= 15 is 0 Å². The lowest BCUT2D eigenvalue weighted by Gasteiger charge is -2.04. The van der Waals surface area contributed by atoms with Gasteiger partial charge in [-0.05, 0) is 32.4 Å². The van der Waals surface area contributed by atoms with Gasteiger partial charge in [-0.25, -0.2) is 0 Å². The number of nitrogens with one attached hydrogen (secondary N) is 1. The first-order valence-corrected chi connectivity index (χ1v) is 4.37. The second kappa shape index (κ2) is 7.63. The summed E-state index contributed by atoms with van der Waals surface area (Å²) >= 11 is 0. The summed E-state index contributed by atoms with van der Waals surface area (Å²) < 4.78 is 0. The molecule has 0 aliphatic rings. The summed E-state index contributed by atoms with van der Waals surface area (Å²) in [6.45, 7) is 8.56. The van der Waals surface area contributed by atoms with E-state index in [1.807, 2.05) is 6.92 Å². The van der Waals surface area contributed by atoms with Crippen molar-refractivity contribution >= 4 is 0 Å². The molecule has 0 heterocycles. The molecule has 0 atom stereocenters. The van der Waals surface area contributed by atoms with E-state index in [1.165, 1.54) is 6.42 Å². The van der Waals surface area contributed by atoms with E-state index in [9.17, 15) is 0 Å². The van der Waals surface area contributed by atoms with E-state index in [4.69, 9.17) is 0 Å². The summed E-state index contributed by atoms with van der Waals surface area (Å²) in [4.78, 5) is 0. The lowest BCUT2D eigenvalue weighted by molar-refractivity contribution is 0.546. The molecule has 0 aromatic carbocycles. The lowest BCUT2D eigenvalue weighted by atomic mass is 10.2. The third-order valence-corrected chi connectivity index (χ3v) is 1.38. The van der Waals surface area contributed by atoms with Crippen molar-refractivity contribution in [1.82, 2.24) is 5.32 Å². The second-order valence-corrected chi connectivity index (χ2v) is 3.13. The minimum Gasteiger partial charge on any atom is -0.316 e. The molecular formula is C10H19N. The van der Waals surface area contributed by atoms with Gasteiger partial charge >= 0.3 is 0 Å². The summed E-state index contributed by atoms with van der Waals surface area (Å²) in [6.07, 6.45) is 2.20. The number of rotatable bonds is 5. The number of hydrogen-bond donors (Lipinski definition) is 1. The van der Waals surface area contributed by atoms with Gasteiger partial charge in [0.25, 0.3) is 0 Å². The zero-order valence-electron chi connectivity index (χ0n) is 7.91. The molecule has 11 heavy (non-hydrogen) atoms. The highest BCUT2D eigenvalue weighted by atomic mass is 14.8. The number of hydrogen-bond acceptors (Lipinski definition) is 1. The van der Waals surface area contributed by atoms with Crippen LogP contribution in [0.3, 0.4) is 0 Å². The molecule has 1 nitrogen and oxygen atoms in total. The molecule has 0 aliphatic carbocycles. The van der Waals surface area contributed by atoms with E-state index in [0.29, 0.717) is 0 Å². The van der Waals surface area contributed by atoms with Crippen LogP contribution in [0.2, 0.25) is 0 Å². The van der Waals surface area contributed by atoms with E-state index < -0.39 is 0 Å². The zero-order valence-corrected chi connectivity index (χ0v) is 7.91. The minimum absolute atomic E-state index is 0.757. The quantitative estimate of drug-likeness (QED) is 0.471. The molecule has 0 bridgehead atoms. The van der Waals surface area contributed by atoms with Gasteiger partial charge in [0, 0.05) is 6.42 Å². The molecule has 0 unspecified atom stereocenters. The summed E-state index contributed by atoms with van der Waals surface area (Å²) in [7, 11) is 0. The van der Waals surface area contributed by atoms with Crippen LogP contribution in [0.15, 0.2) is 0 Å². The van der Waals surface area contributed by atoms with Crippen molar-refractivity contribution < 1.29 is 0 Å². The fourth-order valence-corrected chi connectivity index (χ4v) is 0.818. The molecule has 0 aliphatic heterocycles. The number of unbranched alkanes of at least 4 members (excludes halogenated alkanes) is 1. The molecule has 0 rings (SSSR count). The highest BCUT2D eigenvalue weighted by Crippen LogP contribution is 1.88. The predicted octanol–water partition coefficient (Wildman–Crippen LogP) is 2.04. The molecule has 0 aromatic heterocycles. The maximum absolute atomic E-state index is 3.38. The van der Waals surface area contributed by atoms with E-state index in [2.05, 4.69) is 31.0 Å². The van der Waals surface area contributed by atoms with Crippen LogP contribution >= 0.6 is 0 Å². The molecule has 0 spiro atoms. The Morgan fingerprint density at radius 2 is 2.09 bits per heavy atom. The first-order chi connectivity index (χ1) is 5.27. The topological polar surface area (TPSA) is 12.0 Å². The molecule has 0 saturated heterocycles. The third kappa shape index (κ3) is 9.52. The minimum atomic E-state index is 0.757. The van der Waals surface area contributed by atoms with Gasteiger partial charge in [-0.15, -0.1) is 11.8 Å². The van der Waals surface area contributed by atoms with Gasteiger partial charge in [0.2, 0.25) is 0 Å². The Balaban J connectivity index is 2.95. The van der Waals surface area contributed by atoms with Crippen molar-refractivity contribution in [3.05, 3.63) is 0 Å². The van der Waals surface area contributed by atoms with Gasteiger partial charge in [-0.3, -0.25) is 0 Å². The van der Waals surface area contributed by atoms with E-state index in [0.717, 1.165) is 25.4 Å². The maximum atomic E-state index is 3.38. The van der Waals surface area contributed by atoms with E-state index in [1.54, 1.807) is 0 Å². The Morgan fingerprint density at radius 1 is 1.36 bits per heavy atom. The maximum Gasteiger partial charge on any atom is 0.0101 e. The van der Waals surface area contributed by atoms with Crippen LogP contribution in [-0.4, -0.2) is 13.1 Å². The molecule has 0 saturated carbocycles. The van der Waals surface area contributed by atoms with Crippen molar-refractivity contribution in [3.63, 3.8) is 0 Å². The summed E-state index contributed by atoms with van der Waals surface area (Å²) in [6, 6.07) is 0. The van der Waals surface area contributed by atoms with Gasteiger partial charge in [-0.2, -0.15) is 0 Å². The standard InChI is InChI=1S/C10H19N/c1-4-5-6-7-8-11-9-10(2)3/h10-11H,6-9H2,1-3H3. The summed E-state index contributed by atoms with van der Waals surface area (Å²) in [5, 5.41) is 3.38. The van der Waals surface area contributed by atoms with Crippen molar-refractivity contribution in [2.75, 3.05) is 13.1 Å². The summed E-state index contributed by atoms with van der Waals surface area (Å²) in [5.41, 5.74) is 0.